The minimum absolute atomic E-state index is 0.0393. The molecule has 2 aromatic rings. The lowest BCUT2D eigenvalue weighted by Crippen LogP contribution is -2.02. The summed E-state index contributed by atoms with van der Waals surface area (Å²) in [6, 6.07) is 10.2. The first-order valence-corrected chi connectivity index (χ1v) is 6.97. The highest BCUT2D eigenvalue weighted by atomic mass is 79.9. The molecule has 0 aliphatic heterocycles. The lowest BCUT2D eigenvalue weighted by atomic mass is 10.2. The molecule has 0 aromatic heterocycles. The van der Waals surface area contributed by atoms with Crippen LogP contribution in [0.2, 0.25) is 5.02 Å². The third-order valence-corrected chi connectivity index (χ3v) is 3.72. The monoisotopic (exact) mass is 355 g/mol. The second-order valence-electron chi connectivity index (χ2n) is 4.22. The molecule has 104 valence electrons. The van der Waals surface area contributed by atoms with Crippen LogP contribution in [0.15, 0.2) is 40.9 Å². The van der Waals surface area contributed by atoms with Gasteiger partial charge in [-0.2, -0.15) is 0 Å². The number of aryl methyl sites for hydroxylation is 1. The van der Waals surface area contributed by atoms with Gasteiger partial charge in [0, 0.05) is 6.07 Å². The molecule has 0 fully saturated rings. The van der Waals surface area contributed by atoms with E-state index in [9.17, 15) is 10.1 Å². The van der Waals surface area contributed by atoms with Gasteiger partial charge in [-0.05, 0) is 46.6 Å². The molecule has 2 aromatic carbocycles. The second kappa shape index (κ2) is 6.24. The van der Waals surface area contributed by atoms with E-state index >= 15 is 0 Å². The Morgan fingerprint density at radius 3 is 2.75 bits per heavy atom. The van der Waals surface area contributed by atoms with Crippen LogP contribution in [-0.4, -0.2) is 4.92 Å². The van der Waals surface area contributed by atoms with E-state index in [4.69, 9.17) is 16.3 Å². The molecule has 20 heavy (non-hydrogen) atoms. The summed E-state index contributed by atoms with van der Waals surface area (Å²) in [6.45, 7) is 2.01. The molecular formula is C14H11BrClNO3. The molecule has 0 heterocycles. The molecular weight excluding hydrogens is 346 g/mol. The molecule has 0 amide bonds. The maximum absolute atomic E-state index is 11.0. The fourth-order valence-electron chi connectivity index (χ4n) is 1.73. The SMILES string of the molecule is Cc1ccc(OCc2c(Cl)cccc2[N+](=O)[O-])c(Br)c1. The maximum Gasteiger partial charge on any atom is 0.277 e. The van der Waals surface area contributed by atoms with Gasteiger partial charge in [-0.1, -0.05) is 23.7 Å². The smallest absolute Gasteiger partial charge is 0.277 e. The molecule has 0 aliphatic rings. The van der Waals surface area contributed by atoms with Crippen molar-refractivity contribution >= 4 is 33.2 Å². The topological polar surface area (TPSA) is 52.4 Å². The van der Waals surface area contributed by atoms with Crippen LogP contribution in [0, 0.1) is 17.0 Å². The average molecular weight is 357 g/mol. The Bertz CT molecular complexity index is 661. The zero-order valence-corrected chi connectivity index (χ0v) is 12.9. The molecule has 0 aliphatic carbocycles. The van der Waals surface area contributed by atoms with Gasteiger partial charge in [0.2, 0.25) is 0 Å². The van der Waals surface area contributed by atoms with Crippen molar-refractivity contribution in [2.45, 2.75) is 13.5 Å². The molecule has 0 bridgehead atoms. The minimum atomic E-state index is -0.464. The average Bonchev–Trinajstić information content (AvgIpc) is 2.38. The number of hydrogen-bond acceptors (Lipinski definition) is 3. The first-order chi connectivity index (χ1) is 9.49. The van der Waals surface area contributed by atoms with Crippen molar-refractivity contribution in [3.8, 4) is 5.75 Å². The second-order valence-corrected chi connectivity index (χ2v) is 5.48. The van der Waals surface area contributed by atoms with Gasteiger partial charge in [-0.15, -0.1) is 0 Å². The standard InChI is InChI=1S/C14H11BrClNO3/c1-9-5-6-14(11(15)7-9)20-8-10-12(16)3-2-4-13(10)17(18)19/h2-7H,8H2,1H3. The summed E-state index contributed by atoms with van der Waals surface area (Å²) in [7, 11) is 0. The van der Waals surface area contributed by atoms with Gasteiger partial charge in [0.25, 0.3) is 5.69 Å². The number of hydrogen-bond donors (Lipinski definition) is 0. The Kier molecular flexibility index (Phi) is 4.62. The maximum atomic E-state index is 11.0. The summed E-state index contributed by atoms with van der Waals surface area (Å²) in [5, 5.41) is 11.3. The highest BCUT2D eigenvalue weighted by molar-refractivity contribution is 9.10. The van der Waals surface area contributed by atoms with Crippen molar-refractivity contribution in [1.29, 1.82) is 0 Å². The summed E-state index contributed by atoms with van der Waals surface area (Å²) in [4.78, 5) is 10.5. The van der Waals surface area contributed by atoms with E-state index in [0.29, 0.717) is 16.3 Å². The van der Waals surface area contributed by atoms with Crippen LogP contribution in [0.5, 0.6) is 5.75 Å². The largest absolute Gasteiger partial charge is 0.487 e. The van der Waals surface area contributed by atoms with E-state index in [1.54, 1.807) is 12.1 Å². The third kappa shape index (κ3) is 3.29. The van der Waals surface area contributed by atoms with Crippen molar-refractivity contribution < 1.29 is 9.66 Å². The highest BCUT2D eigenvalue weighted by Gasteiger charge is 2.17. The highest BCUT2D eigenvalue weighted by Crippen LogP contribution is 2.30. The van der Waals surface area contributed by atoms with E-state index in [0.717, 1.165) is 10.0 Å². The van der Waals surface area contributed by atoms with Gasteiger partial charge in [-0.3, -0.25) is 10.1 Å². The first kappa shape index (κ1) is 14.8. The van der Waals surface area contributed by atoms with E-state index in [1.807, 2.05) is 25.1 Å². The molecule has 0 N–H and O–H groups in total. The number of nitro groups is 1. The molecule has 0 saturated heterocycles. The van der Waals surface area contributed by atoms with E-state index < -0.39 is 4.92 Å². The lowest BCUT2D eigenvalue weighted by molar-refractivity contribution is -0.385. The Morgan fingerprint density at radius 1 is 1.35 bits per heavy atom. The number of nitrogens with zero attached hydrogens (tertiary/aromatic N) is 1. The third-order valence-electron chi connectivity index (χ3n) is 2.75. The quantitative estimate of drug-likeness (QED) is 0.578. The number of nitro benzene ring substituents is 1. The molecule has 6 heteroatoms. The van der Waals surface area contributed by atoms with Crippen LogP contribution in [0.3, 0.4) is 0 Å². The van der Waals surface area contributed by atoms with Crippen molar-refractivity contribution in [2.75, 3.05) is 0 Å². The van der Waals surface area contributed by atoms with Crippen LogP contribution < -0.4 is 4.74 Å². The molecule has 0 spiro atoms. The van der Waals surface area contributed by atoms with Gasteiger partial charge in [0.05, 0.1) is 20.0 Å². The van der Waals surface area contributed by atoms with Crippen LogP contribution in [-0.2, 0) is 6.61 Å². The van der Waals surface area contributed by atoms with E-state index in [2.05, 4.69) is 15.9 Å². The number of halogens is 2. The summed E-state index contributed by atoms with van der Waals surface area (Å²) >= 11 is 9.40. The van der Waals surface area contributed by atoms with Gasteiger partial charge in [-0.25, -0.2) is 0 Å². The Labute approximate surface area is 129 Å². The predicted molar refractivity (Wildman–Crippen MR) is 81.3 cm³/mol. The van der Waals surface area contributed by atoms with Crippen molar-refractivity contribution in [2.24, 2.45) is 0 Å². The summed E-state index contributed by atoms with van der Waals surface area (Å²) in [5.41, 5.74) is 1.42. The minimum Gasteiger partial charge on any atom is -0.487 e. The van der Waals surface area contributed by atoms with Gasteiger partial charge < -0.3 is 4.74 Å². The van der Waals surface area contributed by atoms with Crippen LogP contribution in [0.4, 0.5) is 5.69 Å². The zero-order valence-electron chi connectivity index (χ0n) is 10.6. The molecule has 4 nitrogen and oxygen atoms in total. The Morgan fingerprint density at radius 2 is 2.10 bits per heavy atom. The molecule has 0 atom stereocenters. The van der Waals surface area contributed by atoms with Crippen LogP contribution >= 0.6 is 27.5 Å². The molecule has 2 rings (SSSR count). The number of rotatable bonds is 4. The number of ether oxygens (including phenoxy) is 1. The predicted octanol–water partition coefficient (Wildman–Crippen LogP) is 4.90. The summed E-state index contributed by atoms with van der Waals surface area (Å²) < 4.78 is 6.41. The van der Waals surface area contributed by atoms with E-state index in [1.165, 1.54) is 6.07 Å². The fraction of sp³-hybridized carbons (Fsp3) is 0.143. The van der Waals surface area contributed by atoms with Crippen molar-refractivity contribution in [3.05, 3.63) is 67.1 Å². The van der Waals surface area contributed by atoms with Gasteiger partial charge >= 0.3 is 0 Å². The van der Waals surface area contributed by atoms with Gasteiger partial charge in [0.1, 0.15) is 12.4 Å². The van der Waals surface area contributed by atoms with Crippen LogP contribution in [0.25, 0.3) is 0 Å². The fourth-order valence-corrected chi connectivity index (χ4v) is 2.57. The lowest BCUT2D eigenvalue weighted by Gasteiger charge is -2.10. The molecule has 0 radical (unpaired) electrons. The van der Waals surface area contributed by atoms with Crippen molar-refractivity contribution in [1.82, 2.24) is 0 Å². The Hall–Kier alpha value is -1.59. The first-order valence-electron chi connectivity index (χ1n) is 5.80. The number of benzene rings is 2. The summed E-state index contributed by atoms with van der Waals surface area (Å²) in [5.74, 6) is 0.616. The van der Waals surface area contributed by atoms with Crippen molar-refractivity contribution in [3.63, 3.8) is 0 Å². The van der Waals surface area contributed by atoms with E-state index in [-0.39, 0.29) is 12.3 Å². The normalized spacial score (nSPS) is 10.3. The summed E-state index contributed by atoms with van der Waals surface area (Å²) in [6.07, 6.45) is 0. The molecule has 0 saturated carbocycles. The Balaban J connectivity index is 2.25. The zero-order chi connectivity index (χ0) is 14.7. The molecule has 0 unspecified atom stereocenters. The van der Waals surface area contributed by atoms with Crippen LogP contribution in [0.1, 0.15) is 11.1 Å². The van der Waals surface area contributed by atoms with Gasteiger partial charge in [0.15, 0.2) is 0 Å².